The molecule has 0 radical (unpaired) electrons. The monoisotopic (exact) mass is 502 g/mol. The van der Waals surface area contributed by atoms with Crippen LogP contribution in [0, 0.1) is 5.82 Å². The number of piperazine rings is 1. The van der Waals surface area contributed by atoms with Gasteiger partial charge >= 0.3 is 6.18 Å². The summed E-state index contributed by atoms with van der Waals surface area (Å²) in [7, 11) is 0. The van der Waals surface area contributed by atoms with Crippen LogP contribution in [0.15, 0.2) is 48.9 Å². The van der Waals surface area contributed by atoms with E-state index in [0.29, 0.717) is 43.1 Å². The van der Waals surface area contributed by atoms with Crippen molar-refractivity contribution >= 4 is 17.6 Å². The lowest BCUT2D eigenvalue weighted by molar-refractivity contribution is -0.141. The number of carbonyl (C=O) groups is 2. The Kier molecular flexibility index (Phi) is 7.13. The van der Waals surface area contributed by atoms with Crippen LogP contribution in [0.25, 0.3) is 11.3 Å². The lowest BCUT2D eigenvalue weighted by Crippen LogP contribution is -2.48. The number of anilines is 1. The summed E-state index contributed by atoms with van der Waals surface area (Å²) in [6.07, 6.45) is -0.993. The van der Waals surface area contributed by atoms with Crippen LogP contribution in [0.4, 0.5) is 23.4 Å². The molecule has 4 rings (SSSR count). The van der Waals surface area contributed by atoms with Crippen molar-refractivity contribution in [2.24, 2.45) is 0 Å². The number of rotatable bonds is 5. The maximum Gasteiger partial charge on any atom is 0.433 e. The van der Waals surface area contributed by atoms with Crippen LogP contribution >= 0.6 is 0 Å². The number of nitrogens with one attached hydrogen (secondary N) is 1. The summed E-state index contributed by atoms with van der Waals surface area (Å²) in [4.78, 5) is 39.3. The molecule has 3 aromatic heterocycles. The number of hydrogen-bond donors (Lipinski definition) is 1. The van der Waals surface area contributed by atoms with E-state index in [1.54, 1.807) is 17.0 Å². The van der Waals surface area contributed by atoms with Gasteiger partial charge in [-0.3, -0.25) is 19.6 Å². The van der Waals surface area contributed by atoms with Gasteiger partial charge in [-0.1, -0.05) is 0 Å². The van der Waals surface area contributed by atoms with Gasteiger partial charge in [0.25, 0.3) is 5.91 Å². The van der Waals surface area contributed by atoms with Crippen LogP contribution in [-0.4, -0.2) is 57.8 Å². The summed E-state index contributed by atoms with van der Waals surface area (Å²) in [6.45, 7) is 3.99. The Morgan fingerprint density at radius 2 is 1.75 bits per heavy atom. The molecule has 0 aliphatic carbocycles. The molecule has 0 atom stereocenters. The molecule has 188 valence electrons. The molecule has 1 aliphatic rings. The topological polar surface area (TPSA) is 91.3 Å². The van der Waals surface area contributed by atoms with Gasteiger partial charge in [0.15, 0.2) is 0 Å². The number of pyridine rings is 3. The fourth-order valence-electron chi connectivity index (χ4n) is 3.76. The van der Waals surface area contributed by atoms with Crippen LogP contribution < -0.4 is 10.2 Å². The number of carbonyl (C=O) groups excluding carboxylic acids is 2. The van der Waals surface area contributed by atoms with Gasteiger partial charge in [0.1, 0.15) is 23.0 Å². The zero-order valence-corrected chi connectivity index (χ0v) is 19.2. The molecule has 1 saturated heterocycles. The van der Waals surface area contributed by atoms with E-state index in [9.17, 15) is 27.2 Å². The highest BCUT2D eigenvalue weighted by Crippen LogP contribution is 2.30. The predicted molar refractivity (Wildman–Crippen MR) is 122 cm³/mol. The van der Waals surface area contributed by atoms with Crippen molar-refractivity contribution in [3.8, 4) is 11.3 Å². The van der Waals surface area contributed by atoms with Crippen molar-refractivity contribution in [1.82, 2.24) is 25.2 Å². The minimum Gasteiger partial charge on any atom is -0.353 e. The summed E-state index contributed by atoms with van der Waals surface area (Å²) in [5.41, 5.74) is -0.804. The summed E-state index contributed by atoms with van der Waals surface area (Å²) in [5.74, 6) is -0.519. The van der Waals surface area contributed by atoms with Crippen LogP contribution in [0.1, 0.15) is 28.5 Å². The Balaban J connectivity index is 1.36. The number of nitrogens with zero attached hydrogens (tertiary/aromatic N) is 5. The molecular formula is C24H22F4N6O2. The predicted octanol–water partition coefficient (Wildman–Crippen LogP) is 3.30. The second kappa shape index (κ2) is 10.3. The van der Waals surface area contributed by atoms with E-state index in [0.717, 1.165) is 18.3 Å². The highest BCUT2D eigenvalue weighted by Gasteiger charge is 2.32. The zero-order chi connectivity index (χ0) is 25.9. The summed E-state index contributed by atoms with van der Waals surface area (Å²) >= 11 is 0. The first-order valence-corrected chi connectivity index (χ1v) is 11.0. The minimum absolute atomic E-state index is 0.0345. The van der Waals surface area contributed by atoms with Crippen molar-refractivity contribution in [1.29, 1.82) is 0 Å². The third-order valence-corrected chi connectivity index (χ3v) is 5.73. The maximum absolute atomic E-state index is 14.6. The third-order valence-electron chi connectivity index (χ3n) is 5.73. The van der Waals surface area contributed by atoms with E-state index in [2.05, 4.69) is 20.3 Å². The Morgan fingerprint density at radius 1 is 1.00 bits per heavy atom. The molecule has 0 spiro atoms. The van der Waals surface area contributed by atoms with Crippen LogP contribution in [0.5, 0.6) is 0 Å². The first-order chi connectivity index (χ1) is 17.1. The fourth-order valence-corrected chi connectivity index (χ4v) is 3.76. The zero-order valence-electron chi connectivity index (χ0n) is 19.2. The standard InChI is InChI=1S/C24H22F4N6O2/c1-15(35)33-6-8-34(9-7-33)21-3-2-18(14-30-21)23(36)32-13-16-10-19(25)22(31-12-16)17-4-5-29-20(11-17)24(26,27)28/h2-5,10-12,14H,6-9,13H2,1H3,(H,32,36). The third kappa shape index (κ3) is 5.75. The highest BCUT2D eigenvalue weighted by atomic mass is 19.4. The molecule has 4 heterocycles. The first-order valence-electron chi connectivity index (χ1n) is 11.0. The normalized spacial score (nSPS) is 14.0. The Morgan fingerprint density at radius 3 is 2.36 bits per heavy atom. The Labute approximate surface area is 204 Å². The smallest absolute Gasteiger partial charge is 0.353 e. The molecule has 8 nitrogen and oxygen atoms in total. The molecule has 36 heavy (non-hydrogen) atoms. The second-order valence-electron chi connectivity index (χ2n) is 8.18. The molecule has 1 N–H and O–H groups in total. The molecule has 2 amide bonds. The molecule has 12 heteroatoms. The number of alkyl halides is 3. The van der Waals surface area contributed by atoms with E-state index in [-0.39, 0.29) is 23.7 Å². The van der Waals surface area contributed by atoms with Crippen molar-refractivity contribution in [3.63, 3.8) is 0 Å². The number of halogens is 4. The van der Waals surface area contributed by atoms with Gasteiger partial charge in [-0.15, -0.1) is 0 Å². The van der Waals surface area contributed by atoms with E-state index in [1.165, 1.54) is 25.4 Å². The summed E-state index contributed by atoms with van der Waals surface area (Å²) in [6, 6.07) is 6.42. The SMILES string of the molecule is CC(=O)N1CCN(c2ccc(C(=O)NCc3cnc(-c4ccnc(C(F)(F)F)c4)c(F)c3)cn2)CC1. The van der Waals surface area contributed by atoms with Gasteiger partial charge in [0.05, 0.1) is 5.56 Å². The molecule has 3 aromatic rings. The number of amides is 2. The van der Waals surface area contributed by atoms with E-state index >= 15 is 0 Å². The second-order valence-corrected chi connectivity index (χ2v) is 8.18. The molecule has 0 unspecified atom stereocenters. The van der Waals surface area contributed by atoms with Gasteiger partial charge in [-0.2, -0.15) is 13.2 Å². The van der Waals surface area contributed by atoms with Gasteiger partial charge in [-0.05, 0) is 35.9 Å². The van der Waals surface area contributed by atoms with Crippen molar-refractivity contribution in [3.05, 3.63) is 71.6 Å². The van der Waals surface area contributed by atoms with Gasteiger partial charge in [0.2, 0.25) is 5.91 Å². The number of aromatic nitrogens is 3. The number of hydrogen-bond acceptors (Lipinski definition) is 6. The molecule has 0 saturated carbocycles. The minimum atomic E-state index is -4.66. The van der Waals surface area contributed by atoms with Crippen LogP contribution in [0.2, 0.25) is 0 Å². The largest absolute Gasteiger partial charge is 0.433 e. The Bertz CT molecular complexity index is 1260. The summed E-state index contributed by atoms with van der Waals surface area (Å²) in [5, 5.41) is 2.65. The van der Waals surface area contributed by atoms with Crippen molar-refractivity contribution in [2.75, 3.05) is 31.1 Å². The highest BCUT2D eigenvalue weighted by molar-refractivity contribution is 5.94. The summed E-state index contributed by atoms with van der Waals surface area (Å²) < 4.78 is 53.2. The molecule has 1 fully saturated rings. The van der Waals surface area contributed by atoms with Gasteiger partial charge in [-0.25, -0.2) is 9.37 Å². The van der Waals surface area contributed by atoms with Gasteiger partial charge in [0, 0.05) is 63.8 Å². The lowest BCUT2D eigenvalue weighted by atomic mass is 10.1. The average molecular weight is 502 g/mol. The molecule has 1 aliphatic heterocycles. The molecular weight excluding hydrogens is 480 g/mol. The molecule has 0 bridgehead atoms. The van der Waals surface area contributed by atoms with Gasteiger partial charge < -0.3 is 15.1 Å². The lowest BCUT2D eigenvalue weighted by Gasteiger charge is -2.34. The maximum atomic E-state index is 14.6. The van der Waals surface area contributed by atoms with Crippen LogP contribution in [0.3, 0.4) is 0 Å². The Hall–Kier alpha value is -4.09. The average Bonchev–Trinajstić information content (AvgIpc) is 2.87. The van der Waals surface area contributed by atoms with E-state index in [4.69, 9.17) is 0 Å². The van der Waals surface area contributed by atoms with Crippen molar-refractivity contribution in [2.45, 2.75) is 19.6 Å². The quantitative estimate of drug-likeness (QED) is 0.539. The van der Waals surface area contributed by atoms with E-state index < -0.39 is 23.6 Å². The first kappa shape index (κ1) is 25.0. The van der Waals surface area contributed by atoms with Crippen LogP contribution in [-0.2, 0) is 17.5 Å². The molecule has 0 aromatic carbocycles. The van der Waals surface area contributed by atoms with Crippen molar-refractivity contribution < 1.29 is 27.2 Å². The van der Waals surface area contributed by atoms with E-state index in [1.807, 2.05) is 4.90 Å². The fraction of sp³-hybridized carbons (Fsp3) is 0.292.